The first-order valence-electron chi connectivity index (χ1n) is 14.3. The lowest BCUT2D eigenvalue weighted by molar-refractivity contribution is -0.125. The Morgan fingerprint density at radius 3 is 2.27 bits per heavy atom. The molecule has 0 bridgehead atoms. The van der Waals surface area contributed by atoms with Gasteiger partial charge < -0.3 is 13.9 Å². The van der Waals surface area contributed by atoms with E-state index in [2.05, 4.69) is 33.9 Å². The predicted molar refractivity (Wildman–Crippen MR) is 173 cm³/mol. The van der Waals surface area contributed by atoms with Gasteiger partial charge in [0, 0.05) is 11.8 Å². The first-order chi connectivity index (χ1) is 19.5. The molecule has 2 heterocycles. The van der Waals surface area contributed by atoms with Gasteiger partial charge in [0.1, 0.15) is 17.6 Å². The Balaban J connectivity index is 1.73. The van der Waals surface area contributed by atoms with Crippen LogP contribution in [0, 0.1) is 0 Å². The average Bonchev–Trinajstić information content (AvgIpc) is 2.94. The highest BCUT2D eigenvalue weighted by atomic mass is 32.2. The number of amides is 1. The van der Waals surface area contributed by atoms with Crippen LogP contribution < -0.4 is 9.47 Å². The van der Waals surface area contributed by atoms with E-state index in [1.165, 1.54) is 6.42 Å². The van der Waals surface area contributed by atoms with E-state index in [4.69, 9.17) is 13.9 Å². The standard InChI is InChI=1S/C32H43NO5S2Si/c1-32(2,3)41(5,6)38-30-27(21-23-13-16-25(36-4)17-14-23)33(31(35)37-26-11-8-7-9-12-26)24(22-28(30)34)15-18-29-39-19-10-20-40-29/h7-9,11-14,16-17,22,27,29-30H,10,15,18-21H2,1-6H3/t27-,30-/m0/s1. The molecule has 9 heteroatoms. The Kier molecular flexibility index (Phi) is 10.7. The van der Waals surface area contributed by atoms with Crippen LogP contribution in [0.1, 0.15) is 45.6 Å². The van der Waals surface area contributed by atoms with Crippen molar-refractivity contribution in [1.29, 1.82) is 0 Å². The van der Waals surface area contributed by atoms with Crippen LogP contribution in [0.4, 0.5) is 4.79 Å². The second-order valence-electron chi connectivity index (χ2n) is 12.1. The molecule has 4 rings (SSSR count). The molecule has 2 aromatic carbocycles. The molecule has 0 aromatic heterocycles. The van der Waals surface area contributed by atoms with Gasteiger partial charge >= 0.3 is 6.09 Å². The number of rotatable bonds is 9. The van der Waals surface area contributed by atoms with E-state index in [-0.39, 0.29) is 10.8 Å². The normalized spacial score (nSPS) is 20.5. The predicted octanol–water partition coefficient (Wildman–Crippen LogP) is 7.94. The second kappa shape index (κ2) is 13.8. The van der Waals surface area contributed by atoms with Crippen LogP contribution in [0.3, 0.4) is 0 Å². The van der Waals surface area contributed by atoms with Crippen LogP contribution in [0.5, 0.6) is 11.5 Å². The minimum absolute atomic E-state index is 0.0731. The highest BCUT2D eigenvalue weighted by molar-refractivity contribution is 8.17. The van der Waals surface area contributed by atoms with Gasteiger partial charge in [0.2, 0.25) is 0 Å². The molecule has 2 aliphatic heterocycles. The molecule has 0 spiro atoms. The molecule has 0 saturated carbocycles. The summed E-state index contributed by atoms with van der Waals surface area (Å²) in [7, 11) is -0.731. The van der Waals surface area contributed by atoms with Crippen molar-refractivity contribution in [1.82, 2.24) is 4.90 Å². The topological polar surface area (TPSA) is 65.1 Å². The van der Waals surface area contributed by atoms with Crippen LogP contribution in [0.25, 0.3) is 0 Å². The van der Waals surface area contributed by atoms with Gasteiger partial charge in [-0.1, -0.05) is 51.1 Å². The second-order valence-corrected chi connectivity index (χ2v) is 19.7. The van der Waals surface area contributed by atoms with E-state index < -0.39 is 26.6 Å². The quantitative estimate of drug-likeness (QED) is 0.266. The minimum Gasteiger partial charge on any atom is -0.497 e. The number of benzene rings is 2. The number of nitrogens with zero attached hydrogens (tertiary/aromatic N) is 1. The maximum absolute atomic E-state index is 14.0. The van der Waals surface area contributed by atoms with Gasteiger partial charge in [0.15, 0.2) is 14.1 Å². The highest BCUT2D eigenvalue weighted by Crippen LogP contribution is 2.41. The first kappa shape index (κ1) is 31.7. The lowest BCUT2D eigenvalue weighted by Crippen LogP contribution is -2.59. The summed E-state index contributed by atoms with van der Waals surface area (Å²) in [5.74, 6) is 3.45. The first-order valence-corrected chi connectivity index (χ1v) is 19.3. The van der Waals surface area contributed by atoms with Crippen LogP contribution in [-0.2, 0) is 15.6 Å². The highest BCUT2D eigenvalue weighted by Gasteiger charge is 2.47. The van der Waals surface area contributed by atoms with E-state index in [1.54, 1.807) is 30.2 Å². The number of methoxy groups -OCH3 is 1. The third kappa shape index (κ3) is 8.21. The fraction of sp³-hybridized carbons (Fsp3) is 0.500. The lowest BCUT2D eigenvalue weighted by Gasteiger charge is -2.45. The zero-order valence-corrected chi connectivity index (χ0v) is 27.7. The van der Waals surface area contributed by atoms with E-state index >= 15 is 0 Å². The number of carbonyl (C=O) groups is 2. The minimum atomic E-state index is -2.37. The van der Waals surface area contributed by atoms with Crippen molar-refractivity contribution in [3.63, 3.8) is 0 Å². The summed E-state index contributed by atoms with van der Waals surface area (Å²) in [6.45, 7) is 10.8. The van der Waals surface area contributed by atoms with Crippen LogP contribution >= 0.6 is 23.5 Å². The van der Waals surface area contributed by atoms with Crippen molar-refractivity contribution in [3.05, 3.63) is 71.9 Å². The maximum atomic E-state index is 14.0. The average molecular weight is 614 g/mol. The van der Waals surface area contributed by atoms with Crippen molar-refractivity contribution >= 4 is 43.7 Å². The Labute approximate surface area is 254 Å². The van der Waals surface area contributed by atoms with Crippen LogP contribution in [0.15, 0.2) is 66.4 Å². The van der Waals surface area contributed by atoms with Gasteiger partial charge in [-0.05, 0) is 85.2 Å². The van der Waals surface area contributed by atoms with Gasteiger partial charge in [-0.3, -0.25) is 9.69 Å². The summed E-state index contributed by atoms with van der Waals surface area (Å²) in [5, 5.41) is -0.104. The van der Waals surface area contributed by atoms with E-state index in [9.17, 15) is 9.59 Å². The van der Waals surface area contributed by atoms with E-state index in [0.717, 1.165) is 29.2 Å². The van der Waals surface area contributed by atoms with Gasteiger partial charge in [0.25, 0.3) is 0 Å². The summed E-state index contributed by atoms with van der Waals surface area (Å²) < 4.78 is 18.6. The Morgan fingerprint density at radius 2 is 1.66 bits per heavy atom. The number of carbonyl (C=O) groups excluding carboxylic acids is 2. The summed E-state index contributed by atoms with van der Waals surface area (Å²) >= 11 is 3.94. The molecule has 2 aliphatic rings. The molecule has 0 radical (unpaired) electrons. The molecule has 222 valence electrons. The molecule has 41 heavy (non-hydrogen) atoms. The zero-order chi connectivity index (χ0) is 29.6. The molecule has 1 fully saturated rings. The number of allylic oxidation sites excluding steroid dienone is 1. The molecular weight excluding hydrogens is 571 g/mol. The van der Waals surface area contributed by atoms with Crippen molar-refractivity contribution in [3.8, 4) is 11.5 Å². The van der Waals surface area contributed by atoms with Crippen LogP contribution in [0.2, 0.25) is 18.1 Å². The number of hydrogen-bond acceptors (Lipinski definition) is 7. The number of ether oxygens (including phenoxy) is 2. The summed E-state index contributed by atoms with van der Waals surface area (Å²) in [6.07, 6.45) is 3.54. The summed E-state index contributed by atoms with van der Waals surface area (Å²) in [5.41, 5.74) is 1.70. The fourth-order valence-electron chi connectivity index (χ4n) is 4.74. The van der Waals surface area contributed by atoms with Gasteiger partial charge in [-0.2, -0.15) is 0 Å². The smallest absolute Gasteiger partial charge is 0.419 e. The fourth-order valence-corrected chi connectivity index (χ4v) is 8.86. The SMILES string of the molecule is COc1ccc(C[C@H]2[C@H](O[Si](C)(C)C(C)(C)C)C(=O)C=C(CCC3SCCCS3)N2C(=O)Oc2ccccc2)cc1. The number of para-hydroxylation sites is 1. The van der Waals surface area contributed by atoms with Crippen molar-refractivity contribution in [2.75, 3.05) is 18.6 Å². The van der Waals surface area contributed by atoms with E-state index in [0.29, 0.717) is 28.9 Å². The van der Waals surface area contributed by atoms with Gasteiger partial charge in [0.05, 0.1) is 17.7 Å². The van der Waals surface area contributed by atoms with Crippen molar-refractivity contribution in [2.24, 2.45) is 0 Å². The largest absolute Gasteiger partial charge is 0.497 e. The molecule has 0 aliphatic carbocycles. The molecule has 2 aromatic rings. The monoisotopic (exact) mass is 613 g/mol. The molecule has 1 saturated heterocycles. The van der Waals surface area contributed by atoms with E-state index in [1.807, 2.05) is 66.0 Å². The molecule has 0 N–H and O–H groups in total. The Hall–Kier alpha value is -2.20. The molecule has 1 amide bonds. The summed E-state index contributed by atoms with van der Waals surface area (Å²) in [6, 6.07) is 16.4. The third-order valence-corrected chi connectivity index (χ3v) is 15.6. The zero-order valence-electron chi connectivity index (χ0n) is 25.1. The number of hydrogen-bond donors (Lipinski definition) is 0. The van der Waals surface area contributed by atoms with Gasteiger partial charge in [-0.25, -0.2) is 4.79 Å². The molecule has 2 atom stereocenters. The number of thioether (sulfide) groups is 2. The van der Waals surface area contributed by atoms with Crippen molar-refractivity contribution in [2.45, 2.75) is 81.3 Å². The van der Waals surface area contributed by atoms with Crippen molar-refractivity contribution < 1.29 is 23.5 Å². The number of ketones is 1. The Morgan fingerprint density at radius 1 is 1.00 bits per heavy atom. The summed E-state index contributed by atoms with van der Waals surface area (Å²) in [4.78, 5) is 29.6. The van der Waals surface area contributed by atoms with Crippen LogP contribution in [-0.4, -0.2) is 60.4 Å². The molecule has 0 unspecified atom stereocenters. The Bertz CT molecular complexity index is 1210. The molecular formula is C32H43NO5S2Si. The maximum Gasteiger partial charge on any atom is 0.419 e. The molecule has 6 nitrogen and oxygen atoms in total. The third-order valence-electron chi connectivity index (χ3n) is 8.09. The lowest BCUT2D eigenvalue weighted by atomic mass is 9.92. The van der Waals surface area contributed by atoms with Gasteiger partial charge in [-0.15, -0.1) is 23.5 Å².